The van der Waals surface area contributed by atoms with Crippen LogP contribution in [0.15, 0.2) is 24.3 Å². The third-order valence-electron chi connectivity index (χ3n) is 3.34. The van der Waals surface area contributed by atoms with Gasteiger partial charge >= 0.3 is 0 Å². The molecule has 3 N–H and O–H groups in total. The summed E-state index contributed by atoms with van der Waals surface area (Å²) in [6.45, 7) is 0. The number of hydrogen-bond acceptors (Lipinski definition) is 3. The Morgan fingerprint density at radius 2 is 2.27 bits per heavy atom. The fraction of sp³-hybridized carbons (Fsp3) is 0.500. The van der Waals surface area contributed by atoms with Crippen molar-refractivity contribution in [3.05, 3.63) is 24.3 Å². The molecule has 3 rings (SSSR count). The Hall–Kier alpha value is -1.22. The van der Waals surface area contributed by atoms with Crippen molar-refractivity contribution in [2.24, 2.45) is 0 Å². The molecule has 0 saturated carbocycles. The van der Waals surface area contributed by atoms with E-state index in [1.54, 1.807) is 0 Å². The summed E-state index contributed by atoms with van der Waals surface area (Å²) < 4.78 is 5.79. The molecule has 0 radical (unpaired) electrons. The highest BCUT2D eigenvalue weighted by molar-refractivity contribution is 5.54. The summed E-state index contributed by atoms with van der Waals surface area (Å²) in [6, 6.07) is 8.40. The van der Waals surface area contributed by atoms with Gasteiger partial charge < -0.3 is 15.8 Å². The third-order valence-corrected chi connectivity index (χ3v) is 3.34. The predicted octanol–water partition coefficient (Wildman–Crippen LogP) is 2.00. The van der Waals surface area contributed by atoms with E-state index in [1.165, 1.54) is 12.8 Å². The van der Waals surface area contributed by atoms with Crippen molar-refractivity contribution in [2.75, 3.05) is 11.1 Å². The highest BCUT2D eigenvalue weighted by Crippen LogP contribution is 2.36. The van der Waals surface area contributed by atoms with Crippen LogP contribution in [0, 0.1) is 0 Å². The van der Waals surface area contributed by atoms with Crippen LogP contribution in [-0.2, 0) is 4.74 Å². The van der Waals surface area contributed by atoms with Gasteiger partial charge in [0.25, 0.3) is 0 Å². The molecule has 2 heterocycles. The zero-order chi connectivity index (χ0) is 10.3. The van der Waals surface area contributed by atoms with Crippen LogP contribution in [0.4, 0.5) is 11.4 Å². The van der Waals surface area contributed by atoms with Crippen molar-refractivity contribution >= 4 is 11.4 Å². The van der Waals surface area contributed by atoms with Gasteiger partial charge in [0.2, 0.25) is 0 Å². The summed E-state index contributed by atoms with van der Waals surface area (Å²) in [5.41, 5.74) is 7.65. The molecule has 2 bridgehead atoms. The van der Waals surface area contributed by atoms with Gasteiger partial charge in [-0.2, -0.15) is 0 Å². The summed E-state index contributed by atoms with van der Waals surface area (Å²) in [5, 5.41) is 3.51. The summed E-state index contributed by atoms with van der Waals surface area (Å²) in [7, 11) is 0. The molecule has 80 valence electrons. The maximum absolute atomic E-state index is 5.79. The Bertz CT molecular complexity index is 366. The maximum Gasteiger partial charge on any atom is 0.0781 e. The molecule has 3 nitrogen and oxygen atoms in total. The second-order valence-corrected chi connectivity index (χ2v) is 4.49. The van der Waals surface area contributed by atoms with Crippen LogP contribution in [-0.4, -0.2) is 18.2 Å². The Balaban J connectivity index is 1.71. The topological polar surface area (TPSA) is 47.3 Å². The monoisotopic (exact) mass is 204 g/mol. The van der Waals surface area contributed by atoms with Gasteiger partial charge in [-0.25, -0.2) is 0 Å². The molecular weight excluding hydrogens is 188 g/mol. The average molecular weight is 204 g/mol. The number of nitrogens with two attached hydrogens (primary N) is 1. The summed E-state index contributed by atoms with van der Waals surface area (Å²) >= 11 is 0. The molecule has 2 fully saturated rings. The van der Waals surface area contributed by atoms with Crippen molar-refractivity contribution in [2.45, 2.75) is 37.5 Å². The van der Waals surface area contributed by atoms with Gasteiger partial charge in [0.05, 0.1) is 18.2 Å². The van der Waals surface area contributed by atoms with Gasteiger partial charge in [0.15, 0.2) is 0 Å². The standard InChI is InChI=1S/C12H16N2O/c13-8-2-1-3-9(6-8)14-11-7-10-4-5-12(11)15-10/h1-3,6,10-12,14H,4-5,7,13H2. The van der Waals surface area contributed by atoms with E-state index in [1.807, 2.05) is 18.2 Å². The molecule has 0 aromatic heterocycles. The molecule has 1 aromatic carbocycles. The summed E-state index contributed by atoms with van der Waals surface area (Å²) in [6.07, 6.45) is 4.48. The van der Waals surface area contributed by atoms with E-state index in [-0.39, 0.29) is 0 Å². The second-order valence-electron chi connectivity index (χ2n) is 4.49. The van der Waals surface area contributed by atoms with Crippen LogP contribution < -0.4 is 11.1 Å². The van der Waals surface area contributed by atoms with Crippen LogP contribution in [0.25, 0.3) is 0 Å². The lowest BCUT2D eigenvalue weighted by molar-refractivity contribution is 0.102. The van der Waals surface area contributed by atoms with Crippen molar-refractivity contribution in [1.29, 1.82) is 0 Å². The molecule has 3 heteroatoms. The molecule has 2 aliphatic heterocycles. The minimum absolute atomic E-state index is 0.413. The van der Waals surface area contributed by atoms with Gasteiger partial charge in [0.1, 0.15) is 0 Å². The van der Waals surface area contributed by atoms with Gasteiger partial charge in [-0.1, -0.05) is 6.07 Å². The van der Waals surface area contributed by atoms with Gasteiger partial charge in [-0.05, 0) is 37.5 Å². The Labute approximate surface area is 89.6 Å². The lowest BCUT2D eigenvalue weighted by Crippen LogP contribution is -2.30. The normalized spacial score (nSPS) is 33.2. The zero-order valence-corrected chi connectivity index (χ0v) is 8.65. The van der Waals surface area contributed by atoms with Crippen molar-refractivity contribution in [3.8, 4) is 0 Å². The largest absolute Gasteiger partial charge is 0.399 e. The van der Waals surface area contributed by atoms with E-state index in [0.717, 1.165) is 17.8 Å². The van der Waals surface area contributed by atoms with Crippen molar-refractivity contribution in [3.63, 3.8) is 0 Å². The highest BCUT2D eigenvalue weighted by atomic mass is 16.5. The molecule has 3 unspecified atom stereocenters. The lowest BCUT2D eigenvalue weighted by Gasteiger charge is -2.21. The van der Waals surface area contributed by atoms with Crippen molar-refractivity contribution in [1.82, 2.24) is 0 Å². The number of ether oxygens (including phenoxy) is 1. The van der Waals surface area contributed by atoms with E-state index >= 15 is 0 Å². The first-order valence-corrected chi connectivity index (χ1v) is 5.59. The molecule has 15 heavy (non-hydrogen) atoms. The Kier molecular flexibility index (Phi) is 2.06. The molecule has 1 aromatic rings. The summed E-state index contributed by atoms with van der Waals surface area (Å²) in [5.74, 6) is 0. The molecule has 0 spiro atoms. The minimum Gasteiger partial charge on any atom is -0.399 e. The first-order valence-electron chi connectivity index (χ1n) is 5.59. The van der Waals surface area contributed by atoms with Gasteiger partial charge in [-0.3, -0.25) is 0 Å². The first-order chi connectivity index (χ1) is 7.31. The molecular formula is C12H16N2O. The number of anilines is 2. The summed E-state index contributed by atoms with van der Waals surface area (Å²) in [4.78, 5) is 0. The van der Waals surface area contributed by atoms with Crippen molar-refractivity contribution < 1.29 is 4.74 Å². The quantitative estimate of drug-likeness (QED) is 0.724. The zero-order valence-electron chi connectivity index (χ0n) is 8.65. The number of nitrogens with one attached hydrogen (secondary N) is 1. The fourth-order valence-electron chi connectivity index (χ4n) is 2.63. The van der Waals surface area contributed by atoms with E-state index in [9.17, 15) is 0 Å². The van der Waals surface area contributed by atoms with Crippen LogP contribution in [0.2, 0.25) is 0 Å². The average Bonchev–Trinajstić information content (AvgIpc) is 2.79. The van der Waals surface area contributed by atoms with Crippen LogP contribution in [0.1, 0.15) is 19.3 Å². The maximum atomic E-state index is 5.79. The Morgan fingerprint density at radius 3 is 2.93 bits per heavy atom. The lowest BCUT2D eigenvalue weighted by atomic mass is 9.95. The Morgan fingerprint density at radius 1 is 1.33 bits per heavy atom. The van der Waals surface area contributed by atoms with Crippen LogP contribution >= 0.6 is 0 Å². The fourth-order valence-corrected chi connectivity index (χ4v) is 2.63. The number of fused-ring (bicyclic) bond motifs is 2. The third kappa shape index (κ3) is 1.67. The highest BCUT2D eigenvalue weighted by Gasteiger charge is 2.40. The van der Waals surface area contributed by atoms with Gasteiger partial charge in [0, 0.05) is 11.4 Å². The molecule has 2 aliphatic rings. The number of benzene rings is 1. The number of nitrogen functional groups attached to an aromatic ring is 1. The van der Waals surface area contributed by atoms with E-state index < -0.39 is 0 Å². The molecule has 2 saturated heterocycles. The molecule has 0 amide bonds. The molecule has 0 aliphatic carbocycles. The van der Waals surface area contributed by atoms with Gasteiger partial charge in [-0.15, -0.1) is 0 Å². The number of rotatable bonds is 2. The van der Waals surface area contributed by atoms with E-state index in [2.05, 4.69) is 11.4 Å². The first kappa shape index (κ1) is 9.04. The van der Waals surface area contributed by atoms with Crippen LogP contribution in [0.5, 0.6) is 0 Å². The SMILES string of the molecule is Nc1cccc(NC2CC3CCC2O3)c1. The smallest absolute Gasteiger partial charge is 0.0781 e. The molecule has 3 atom stereocenters. The minimum atomic E-state index is 0.413. The van der Waals surface area contributed by atoms with E-state index in [0.29, 0.717) is 18.2 Å². The second kappa shape index (κ2) is 3.42. The predicted molar refractivity (Wildman–Crippen MR) is 60.8 cm³/mol. The van der Waals surface area contributed by atoms with E-state index in [4.69, 9.17) is 10.5 Å². The number of hydrogen-bond donors (Lipinski definition) is 2. The van der Waals surface area contributed by atoms with Crippen LogP contribution in [0.3, 0.4) is 0 Å².